The van der Waals surface area contributed by atoms with Gasteiger partial charge in [0.1, 0.15) is 11.3 Å². The Hall–Kier alpha value is -6.46. The molecule has 0 unspecified atom stereocenters. The number of benzene rings is 7. The molecule has 9 aromatic rings. The monoisotopic (exact) mass is 667 g/mol. The molecule has 0 saturated heterocycles. The van der Waals surface area contributed by atoms with E-state index in [9.17, 15) is 0 Å². The van der Waals surface area contributed by atoms with Gasteiger partial charge in [0, 0.05) is 69.7 Å². The quantitative estimate of drug-likeness (QED) is 0.175. The summed E-state index contributed by atoms with van der Waals surface area (Å²) in [5, 5.41) is 3.72. The van der Waals surface area contributed by atoms with Gasteiger partial charge in [0.15, 0.2) is 0 Å². The molecule has 0 aliphatic carbocycles. The van der Waals surface area contributed by atoms with Crippen LogP contribution in [0, 0.1) is 6.92 Å². The Labute approximate surface area is 302 Å². The van der Waals surface area contributed by atoms with Crippen molar-refractivity contribution in [1.29, 1.82) is 0 Å². The van der Waals surface area contributed by atoms with Crippen molar-refractivity contribution in [3.05, 3.63) is 157 Å². The number of rotatable bonds is 4. The van der Waals surface area contributed by atoms with E-state index in [1.807, 2.05) is 0 Å². The van der Waals surface area contributed by atoms with Crippen molar-refractivity contribution in [3.8, 4) is 39.3 Å². The standard InChI is InChI=1S/C47H34BN3O/c1-29-26-36-34-18-10-13-21-40(34)51(33-24-22-32(23-25-33)49(2)3)48-38-28-42-37(27-41(38)50-39-20-12-11-19-35(39)43(29)46(50)45(36)48)44(30-14-6-4-7-15-30)47(52-42)31-16-8-5-9-17-31/h4-28H,1-3H3. The summed E-state index contributed by atoms with van der Waals surface area (Å²) in [5.41, 5.74) is 17.9. The number of para-hydroxylation sites is 2. The minimum absolute atomic E-state index is 0.0835. The lowest BCUT2D eigenvalue weighted by molar-refractivity contribution is 0.632. The highest BCUT2D eigenvalue weighted by atomic mass is 16.3. The van der Waals surface area contributed by atoms with Gasteiger partial charge in [-0.1, -0.05) is 103 Å². The van der Waals surface area contributed by atoms with Crippen LogP contribution < -0.4 is 20.6 Å². The Balaban J connectivity index is 1.31. The number of aryl methyl sites for hydroxylation is 1. The van der Waals surface area contributed by atoms with Gasteiger partial charge in [-0.2, -0.15) is 0 Å². The molecule has 5 heteroatoms. The normalized spacial score (nSPS) is 12.8. The van der Waals surface area contributed by atoms with Gasteiger partial charge in [0.05, 0.1) is 11.0 Å². The maximum absolute atomic E-state index is 7.02. The summed E-state index contributed by atoms with van der Waals surface area (Å²) >= 11 is 0. The second-order valence-electron chi connectivity index (χ2n) is 14.4. The zero-order valence-electron chi connectivity index (χ0n) is 29.3. The van der Waals surface area contributed by atoms with E-state index in [2.05, 4.69) is 187 Å². The van der Waals surface area contributed by atoms with Gasteiger partial charge >= 0.3 is 6.85 Å². The molecular weight excluding hydrogens is 633 g/mol. The van der Waals surface area contributed by atoms with Crippen molar-refractivity contribution in [2.24, 2.45) is 0 Å². The fourth-order valence-corrected chi connectivity index (χ4v) is 9.06. The van der Waals surface area contributed by atoms with Gasteiger partial charge in [-0.15, -0.1) is 0 Å². The van der Waals surface area contributed by atoms with Crippen LogP contribution in [0.2, 0.25) is 0 Å². The molecule has 52 heavy (non-hydrogen) atoms. The van der Waals surface area contributed by atoms with E-state index in [0.29, 0.717) is 0 Å². The molecule has 0 amide bonds. The summed E-state index contributed by atoms with van der Waals surface area (Å²) in [5.74, 6) is 0.894. The first-order valence-electron chi connectivity index (χ1n) is 18.0. The Kier molecular flexibility index (Phi) is 6.07. The summed E-state index contributed by atoms with van der Waals surface area (Å²) in [7, 11) is 4.19. The number of hydrogen-bond acceptors (Lipinski definition) is 3. The molecule has 11 rings (SSSR count). The second-order valence-corrected chi connectivity index (χ2v) is 14.4. The second kappa shape index (κ2) is 10.8. The summed E-state index contributed by atoms with van der Waals surface area (Å²) in [6, 6.07) is 55.3. The van der Waals surface area contributed by atoms with Crippen molar-refractivity contribution < 1.29 is 4.42 Å². The zero-order valence-corrected chi connectivity index (χ0v) is 29.3. The zero-order chi connectivity index (χ0) is 34.7. The highest BCUT2D eigenvalue weighted by molar-refractivity contribution is 6.93. The van der Waals surface area contributed by atoms with E-state index in [-0.39, 0.29) is 6.85 Å². The highest BCUT2D eigenvalue weighted by Crippen LogP contribution is 2.48. The number of anilines is 3. The number of nitrogens with zero attached hydrogens (tertiary/aromatic N) is 3. The molecule has 246 valence electrons. The smallest absolute Gasteiger partial charge is 0.333 e. The minimum Gasteiger partial charge on any atom is -0.455 e. The Morgan fingerprint density at radius 2 is 1.31 bits per heavy atom. The van der Waals surface area contributed by atoms with Crippen LogP contribution in [0.5, 0.6) is 0 Å². The van der Waals surface area contributed by atoms with Crippen molar-refractivity contribution in [3.63, 3.8) is 0 Å². The van der Waals surface area contributed by atoms with Gasteiger partial charge in [-0.05, 0) is 83.1 Å². The van der Waals surface area contributed by atoms with Crippen LogP contribution in [-0.4, -0.2) is 25.5 Å². The summed E-state index contributed by atoms with van der Waals surface area (Å²) in [6.07, 6.45) is 0. The van der Waals surface area contributed by atoms with E-state index in [0.717, 1.165) is 39.1 Å². The molecule has 0 saturated carbocycles. The molecule has 2 aromatic heterocycles. The average molecular weight is 668 g/mol. The van der Waals surface area contributed by atoms with Crippen molar-refractivity contribution in [1.82, 2.24) is 4.57 Å². The topological polar surface area (TPSA) is 24.6 Å². The molecule has 4 nitrogen and oxygen atoms in total. The third-order valence-corrected chi connectivity index (χ3v) is 11.3. The molecule has 7 aromatic carbocycles. The highest BCUT2D eigenvalue weighted by Gasteiger charge is 2.44. The largest absolute Gasteiger partial charge is 0.455 e. The number of hydrogen-bond donors (Lipinski definition) is 0. The maximum atomic E-state index is 7.02. The average Bonchev–Trinajstić information content (AvgIpc) is 3.74. The first kappa shape index (κ1) is 29.3. The molecule has 0 bridgehead atoms. The summed E-state index contributed by atoms with van der Waals surface area (Å²) < 4.78 is 9.56. The Bertz CT molecular complexity index is 2890. The molecule has 4 heterocycles. The van der Waals surface area contributed by atoms with E-state index in [1.54, 1.807) is 0 Å². The Morgan fingerprint density at radius 3 is 2.08 bits per heavy atom. The summed E-state index contributed by atoms with van der Waals surface area (Å²) in [4.78, 5) is 4.73. The van der Waals surface area contributed by atoms with Gasteiger partial charge in [-0.25, -0.2) is 0 Å². The predicted molar refractivity (Wildman–Crippen MR) is 220 cm³/mol. The minimum atomic E-state index is -0.0835. The number of fused-ring (bicyclic) bond motifs is 9. The molecule has 0 fully saturated rings. The molecule has 0 spiro atoms. The molecule has 0 atom stereocenters. The lowest BCUT2D eigenvalue weighted by Gasteiger charge is -2.42. The van der Waals surface area contributed by atoms with E-state index in [1.165, 1.54) is 66.5 Å². The van der Waals surface area contributed by atoms with Gasteiger partial charge in [0.2, 0.25) is 0 Å². The lowest BCUT2D eigenvalue weighted by Crippen LogP contribution is -2.60. The van der Waals surface area contributed by atoms with Crippen LogP contribution in [0.1, 0.15) is 5.56 Å². The van der Waals surface area contributed by atoms with Crippen LogP contribution in [0.15, 0.2) is 156 Å². The van der Waals surface area contributed by atoms with Crippen LogP contribution >= 0.6 is 0 Å². The summed E-state index contributed by atoms with van der Waals surface area (Å²) in [6.45, 7) is 2.20. The Morgan fingerprint density at radius 1 is 0.615 bits per heavy atom. The molecule has 0 N–H and O–H groups in total. The number of aromatic nitrogens is 1. The van der Waals surface area contributed by atoms with Crippen LogP contribution in [0.25, 0.3) is 72.0 Å². The lowest BCUT2D eigenvalue weighted by atomic mass is 9.44. The third-order valence-electron chi connectivity index (χ3n) is 11.3. The fraction of sp³-hybridized carbons (Fsp3) is 0.0638. The molecule has 2 aliphatic rings. The number of furan rings is 1. The predicted octanol–water partition coefficient (Wildman–Crippen LogP) is 10.5. The van der Waals surface area contributed by atoms with Crippen molar-refractivity contribution >= 4 is 67.6 Å². The van der Waals surface area contributed by atoms with E-state index < -0.39 is 0 Å². The third kappa shape index (κ3) is 3.93. The SMILES string of the molecule is Cc1cc2c3c4c1c1ccccc1n4-c1cc4c(-c5ccccc5)c(-c5ccccc5)oc4cc1B3N(c1ccc(N(C)C)cc1)c1ccccc1-2. The first-order valence-corrected chi connectivity index (χ1v) is 18.0. The fourth-order valence-electron chi connectivity index (χ4n) is 9.06. The van der Waals surface area contributed by atoms with E-state index in [4.69, 9.17) is 4.42 Å². The van der Waals surface area contributed by atoms with Crippen molar-refractivity contribution in [2.75, 3.05) is 23.8 Å². The van der Waals surface area contributed by atoms with Gasteiger partial charge < -0.3 is 18.7 Å². The molecular formula is C47H34BN3O. The van der Waals surface area contributed by atoms with Crippen LogP contribution in [0.3, 0.4) is 0 Å². The van der Waals surface area contributed by atoms with Crippen LogP contribution in [0.4, 0.5) is 17.1 Å². The molecule has 2 aliphatic heterocycles. The van der Waals surface area contributed by atoms with Crippen LogP contribution in [-0.2, 0) is 0 Å². The van der Waals surface area contributed by atoms with Gasteiger partial charge in [-0.3, -0.25) is 0 Å². The maximum Gasteiger partial charge on any atom is 0.333 e. The van der Waals surface area contributed by atoms with E-state index >= 15 is 0 Å². The van der Waals surface area contributed by atoms with Crippen molar-refractivity contribution in [2.45, 2.75) is 6.92 Å². The van der Waals surface area contributed by atoms with Gasteiger partial charge in [0.25, 0.3) is 0 Å². The molecule has 0 radical (unpaired) electrons. The first-order chi connectivity index (χ1) is 25.6.